The van der Waals surface area contributed by atoms with Crippen LogP contribution in [0.4, 0.5) is 0 Å². The van der Waals surface area contributed by atoms with E-state index in [9.17, 15) is 22.8 Å². The highest BCUT2D eigenvalue weighted by Crippen LogP contribution is 2.30. The lowest BCUT2D eigenvalue weighted by atomic mass is 10.1. The van der Waals surface area contributed by atoms with Gasteiger partial charge < -0.3 is 10.2 Å². The van der Waals surface area contributed by atoms with E-state index in [0.29, 0.717) is 21.4 Å². The van der Waals surface area contributed by atoms with Crippen LogP contribution >= 0.6 is 11.6 Å². The number of benzene rings is 2. The number of carbonyl (C=O) groups is 3. The van der Waals surface area contributed by atoms with Crippen molar-refractivity contribution in [1.82, 2.24) is 14.5 Å². The van der Waals surface area contributed by atoms with Gasteiger partial charge in [-0.3, -0.25) is 14.4 Å². The Hall–Kier alpha value is -2.91. The predicted molar refractivity (Wildman–Crippen MR) is 124 cm³/mol. The number of nitrogens with one attached hydrogen (secondary N) is 1. The van der Waals surface area contributed by atoms with E-state index < -0.39 is 34.4 Å². The lowest BCUT2D eigenvalue weighted by Gasteiger charge is -2.30. The molecule has 0 fully saturated rings. The number of amides is 3. The van der Waals surface area contributed by atoms with Crippen LogP contribution in [0.25, 0.3) is 0 Å². The average molecular weight is 492 g/mol. The fourth-order valence-corrected chi connectivity index (χ4v) is 5.07. The van der Waals surface area contributed by atoms with Gasteiger partial charge in [0, 0.05) is 18.1 Å². The van der Waals surface area contributed by atoms with Gasteiger partial charge in [-0.05, 0) is 42.7 Å². The topological polar surface area (TPSA) is 104 Å². The van der Waals surface area contributed by atoms with E-state index in [1.807, 2.05) is 13.8 Å². The third-order valence-electron chi connectivity index (χ3n) is 5.31. The van der Waals surface area contributed by atoms with E-state index in [2.05, 4.69) is 5.32 Å². The maximum absolute atomic E-state index is 13.3. The molecule has 1 N–H and O–H groups in total. The molecular weight excluding hydrogens is 466 g/mol. The summed E-state index contributed by atoms with van der Waals surface area (Å²) in [5, 5.41) is 3.31. The number of hydrogen-bond donors (Lipinski definition) is 1. The van der Waals surface area contributed by atoms with Gasteiger partial charge in [-0.2, -0.15) is 0 Å². The minimum absolute atomic E-state index is 0.0253. The molecule has 176 valence electrons. The number of sulfonamides is 1. The van der Waals surface area contributed by atoms with Crippen LogP contribution in [-0.4, -0.2) is 54.5 Å². The highest BCUT2D eigenvalue weighted by molar-refractivity contribution is 7.90. The Morgan fingerprint density at radius 3 is 2.30 bits per heavy atom. The molecule has 8 nitrogen and oxygen atoms in total. The van der Waals surface area contributed by atoms with Crippen molar-refractivity contribution < 1.29 is 22.8 Å². The number of fused-ring (bicyclic) bond motifs is 1. The lowest BCUT2D eigenvalue weighted by molar-refractivity contribution is -0.140. The first kappa shape index (κ1) is 24.7. The van der Waals surface area contributed by atoms with Crippen LogP contribution in [0.2, 0.25) is 5.02 Å². The first-order valence-corrected chi connectivity index (χ1v) is 12.3. The number of halogens is 1. The Balaban J connectivity index is 1.86. The highest BCUT2D eigenvalue weighted by atomic mass is 35.5. The van der Waals surface area contributed by atoms with Gasteiger partial charge in [-0.15, -0.1) is 0 Å². The second-order valence-corrected chi connectivity index (χ2v) is 10.5. The van der Waals surface area contributed by atoms with Crippen LogP contribution in [0.3, 0.4) is 0 Å². The zero-order valence-corrected chi connectivity index (χ0v) is 20.2. The molecule has 2 aromatic rings. The molecule has 3 rings (SSSR count). The molecule has 2 aromatic carbocycles. The fourth-order valence-electron chi connectivity index (χ4n) is 3.42. The van der Waals surface area contributed by atoms with Crippen LogP contribution in [-0.2, 0) is 26.2 Å². The molecule has 10 heteroatoms. The van der Waals surface area contributed by atoms with Gasteiger partial charge in [0.05, 0.1) is 5.56 Å². The molecular formula is C23H26ClN3O5S. The van der Waals surface area contributed by atoms with E-state index >= 15 is 0 Å². The standard InChI is InChI=1S/C23H26ClN3O5S/c1-15(2)12-25-22(29)16(3)26(13-17-8-10-18(24)11-9-17)21(28)14-27-23(30)19-6-4-5-7-20(19)33(27,31)32/h4-11,15-16H,12-14H2,1-3H3,(H,25,29). The zero-order valence-electron chi connectivity index (χ0n) is 18.6. The van der Waals surface area contributed by atoms with Gasteiger partial charge in [-0.25, -0.2) is 12.7 Å². The number of carbonyl (C=O) groups excluding carboxylic acids is 3. The van der Waals surface area contributed by atoms with Crippen molar-refractivity contribution in [1.29, 1.82) is 0 Å². The molecule has 1 heterocycles. The number of rotatable bonds is 8. The normalized spacial score (nSPS) is 15.3. The average Bonchev–Trinajstić information content (AvgIpc) is 2.97. The predicted octanol–water partition coefficient (Wildman–Crippen LogP) is 2.67. The van der Waals surface area contributed by atoms with Crippen molar-refractivity contribution >= 4 is 39.3 Å². The SMILES string of the molecule is CC(C)CNC(=O)C(C)N(Cc1ccc(Cl)cc1)C(=O)CN1C(=O)c2ccccc2S1(=O)=O. The monoisotopic (exact) mass is 491 g/mol. The molecule has 0 aliphatic carbocycles. The molecule has 0 spiro atoms. The maximum atomic E-state index is 13.3. The first-order valence-electron chi connectivity index (χ1n) is 10.5. The minimum Gasteiger partial charge on any atom is -0.354 e. The van der Waals surface area contributed by atoms with E-state index in [1.54, 1.807) is 37.3 Å². The molecule has 1 atom stereocenters. The molecule has 1 unspecified atom stereocenters. The first-order chi connectivity index (χ1) is 15.5. The zero-order chi connectivity index (χ0) is 24.3. The number of nitrogens with zero attached hydrogens (tertiary/aromatic N) is 2. The quantitative estimate of drug-likeness (QED) is 0.611. The Labute approximate surface area is 198 Å². The van der Waals surface area contributed by atoms with Crippen molar-refractivity contribution in [3.63, 3.8) is 0 Å². The van der Waals surface area contributed by atoms with Crippen molar-refractivity contribution in [3.8, 4) is 0 Å². The summed E-state index contributed by atoms with van der Waals surface area (Å²) in [6.07, 6.45) is 0. The molecule has 1 aliphatic rings. The summed E-state index contributed by atoms with van der Waals surface area (Å²) in [4.78, 5) is 39.9. The molecule has 0 bridgehead atoms. The summed E-state index contributed by atoms with van der Waals surface area (Å²) in [5.74, 6) is -1.58. The van der Waals surface area contributed by atoms with Crippen LogP contribution in [0, 0.1) is 5.92 Å². The number of hydrogen-bond acceptors (Lipinski definition) is 5. The fraction of sp³-hybridized carbons (Fsp3) is 0.348. The van der Waals surface area contributed by atoms with Crippen LogP contribution in [0.1, 0.15) is 36.7 Å². The largest absolute Gasteiger partial charge is 0.354 e. The van der Waals surface area contributed by atoms with Crippen molar-refractivity contribution in [2.45, 2.75) is 38.3 Å². The van der Waals surface area contributed by atoms with Gasteiger partial charge in [0.15, 0.2) is 0 Å². The third-order valence-corrected chi connectivity index (χ3v) is 7.35. The Morgan fingerprint density at radius 2 is 1.70 bits per heavy atom. The van der Waals surface area contributed by atoms with Gasteiger partial charge >= 0.3 is 0 Å². The summed E-state index contributed by atoms with van der Waals surface area (Å²) in [6.45, 7) is 5.23. The van der Waals surface area contributed by atoms with Gasteiger partial charge in [0.25, 0.3) is 15.9 Å². The molecule has 3 amide bonds. The van der Waals surface area contributed by atoms with E-state index in [0.717, 1.165) is 0 Å². The second kappa shape index (κ2) is 9.93. The lowest BCUT2D eigenvalue weighted by Crippen LogP contribution is -2.51. The van der Waals surface area contributed by atoms with Crippen LogP contribution in [0.15, 0.2) is 53.4 Å². The summed E-state index contributed by atoms with van der Waals surface area (Å²) >= 11 is 5.94. The minimum atomic E-state index is -4.15. The van der Waals surface area contributed by atoms with Crippen molar-refractivity contribution in [3.05, 3.63) is 64.7 Å². The van der Waals surface area contributed by atoms with E-state index in [-0.39, 0.29) is 28.8 Å². The van der Waals surface area contributed by atoms with Crippen LogP contribution in [0.5, 0.6) is 0 Å². The van der Waals surface area contributed by atoms with Crippen molar-refractivity contribution in [2.24, 2.45) is 5.92 Å². The maximum Gasteiger partial charge on any atom is 0.269 e. The molecule has 0 radical (unpaired) electrons. The highest BCUT2D eigenvalue weighted by Gasteiger charge is 2.43. The van der Waals surface area contributed by atoms with E-state index in [4.69, 9.17) is 11.6 Å². The van der Waals surface area contributed by atoms with Gasteiger partial charge in [-0.1, -0.05) is 49.7 Å². The Kier molecular flexibility index (Phi) is 7.44. The Bertz CT molecular complexity index is 1160. The van der Waals surface area contributed by atoms with Crippen molar-refractivity contribution in [2.75, 3.05) is 13.1 Å². The van der Waals surface area contributed by atoms with Gasteiger partial charge in [0.2, 0.25) is 11.8 Å². The Morgan fingerprint density at radius 1 is 1.06 bits per heavy atom. The molecule has 0 saturated heterocycles. The molecule has 0 saturated carbocycles. The van der Waals surface area contributed by atoms with E-state index in [1.165, 1.54) is 23.1 Å². The summed E-state index contributed by atoms with van der Waals surface area (Å²) in [7, 11) is -4.15. The molecule has 1 aliphatic heterocycles. The summed E-state index contributed by atoms with van der Waals surface area (Å²) in [5.41, 5.74) is 0.729. The molecule has 33 heavy (non-hydrogen) atoms. The summed E-state index contributed by atoms with van der Waals surface area (Å²) in [6, 6.07) is 11.7. The molecule has 0 aromatic heterocycles. The third kappa shape index (κ3) is 5.36. The van der Waals surface area contributed by atoms with Gasteiger partial charge in [0.1, 0.15) is 17.5 Å². The van der Waals surface area contributed by atoms with Crippen LogP contribution < -0.4 is 5.32 Å². The summed E-state index contributed by atoms with van der Waals surface area (Å²) < 4.78 is 26.3. The smallest absolute Gasteiger partial charge is 0.269 e. The second-order valence-electron chi connectivity index (χ2n) is 8.28.